The Hall–Kier alpha value is -1.07. The van der Waals surface area contributed by atoms with Crippen LogP contribution < -0.4 is 5.73 Å². The highest BCUT2D eigenvalue weighted by Crippen LogP contribution is 2.18. The number of carbonyl (C=O) groups is 1. The van der Waals surface area contributed by atoms with E-state index in [1.165, 1.54) is 18.2 Å². The number of hydrogen-bond donors (Lipinski definition) is 2. The van der Waals surface area contributed by atoms with E-state index in [0.29, 0.717) is 17.9 Å². The van der Waals surface area contributed by atoms with Gasteiger partial charge in [0.15, 0.2) is 0 Å². The Bertz CT molecular complexity index is 371. The Morgan fingerprint density at radius 3 is 2.88 bits per heavy atom. The molecule has 0 aliphatic heterocycles. The van der Waals surface area contributed by atoms with Gasteiger partial charge in [-0.1, -0.05) is 0 Å². The van der Waals surface area contributed by atoms with Gasteiger partial charge in [-0.2, -0.15) is 11.8 Å². The Labute approximate surface area is 97.8 Å². The van der Waals surface area contributed by atoms with Gasteiger partial charge in [0.1, 0.15) is 5.82 Å². The summed E-state index contributed by atoms with van der Waals surface area (Å²) in [5, 5.41) is 8.76. The highest BCUT2D eigenvalue weighted by Gasteiger charge is 2.08. The second-order valence-corrected chi connectivity index (χ2v) is 4.41. The lowest BCUT2D eigenvalue weighted by Gasteiger charge is -2.04. The Balaban J connectivity index is 2.63. The Morgan fingerprint density at radius 1 is 1.50 bits per heavy atom. The maximum absolute atomic E-state index is 13.3. The molecule has 5 heteroatoms. The zero-order chi connectivity index (χ0) is 12.0. The molecule has 3 N–H and O–H groups in total. The van der Waals surface area contributed by atoms with Crippen LogP contribution in [0.1, 0.15) is 22.3 Å². The smallest absolute Gasteiger partial charge is 0.335 e. The molecule has 0 heterocycles. The van der Waals surface area contributed by atoms with Gasteiger partial charge in [0, 0.05) is 5.75 Å². The minimum absolute atomic E-state index is 0.121. The van der Waals surface area contributed by atoms with Crippen LogP contribution >= 0.6 is 11.8 Å². The lowest BCUT2D eigenvalue weighted by atomic mass is 10.1. The van der Waals surface area contributed by atoms with Gasteiger partial charge in [0.2, 0.25) is 0 Å². The van der Waals surface area contributed by atoms with Crippen LogP contribution in [-0.4, -0.2) is 23.4 Å². The third-order valence-corrected chi connectivity index (χ3v) is 3.14. The largest absolute Gasteiger partial charge is 0.478 e. The lowest BCUT2D eigenvalue weighted by molar-refractivity contribution is 0.0696. The maximum Gasteiger partial charge on any atom is 0.335 e. The summed E-state index contributed by atoms with van der Waals surface area (Å²) in [6.45, 7) is 0.616. The first-order valence-electron chi connectivity index (χ1n) is 4.94. The van der Waals surface area contributed by atoms with E-state index in [0.717, 1.165) is 12.2 Å². The van der Waals surface area contributed by atoms with E-state index < -0.39 is 5.97 Å². The topological polar surface area (TPSA) is 63.3 Å². The van der Waals surface area contributed by atoms with E-state index in [2.05, 4.69) is 0 Å². The number of carboxylic acid groups (broad SMARTS) is 1. The summed E-state index contributed by atoms with van der Waals surface area (Å²) in [5.41, 5.74) is 5.89. The molecule has 0 amide bonds. The normalized spacial score (nSPS) is 10.4. The van der Waals surface area contributed by atoms with Crippen LogP contribution in [0.25, 0.3) is 0 Å². The summed E-state index contributed by atoms with van der Waals surface area (Å²) in [5.74, 6) is -0.0568. The van der Waals surface area contributed by atoms with Crippen LogP contribution in [0.3, 0.4) is 0 Å². The molecular formula is C11H14FNO2S. The SMILES string of the molecule is NCCCSCc1cc(C(=O)O)ccc1F. The molecule has 3 nitrogen and oxygen atoms in total. The van der Waals surface area contributed by atoms with Crippen LogP contribution in [0, 0.1) is 5.82 Å². The minimum Gasteiger partial charge on any atom is -0.478 e. The van der Waals surface area contributed by atoms with Crippen molar-refractivity contribution in [2.45, 2.75) is 12.2 Å². The quantitative estimate of drug-likeness (QED) is 0.751. The van der Waals surface area contributed by atoms with Crippen molar-refractivity contribution in [3.05, 3.63) is 35.1 Å². The zero-order valence-electron chi connectivity index (χ0n) is 8.78. The van der Waals surface area contributed by atoms with Gasteiger partial charge in [-0.25, -0.2) is 9.18 Å². The van der Waals surface area contributed by atoms with Crippen molar-refractivity contribution in [3.63, 3.8) is 0 Å². The van der Waals surface area contributed by atoms with Gasteiger partial charge in [-0.3, -0.25) is 0 Å². The Kier molecular flexibility index (Phi) is 5.28. The van der Waals surface area contributed by atoms with Crippen LogP contribution in [0.4, 0.5) is 4.39 Å². The molecule has 0 aromatic heterocycles. The number of benzene rings is 1. The average molecular weight is 243 g/mol. The van der Waals surface area contributed by atoms with E-state index in [1.54, 1.807) is 11.8 Å². The van der Waals surface area contributed by atoms with Gasteiger partial charge < -0.3 is 10.8 Å². The maximum atomic E-state index is 13.3. The van der Waals surface area contributed by atoms with E-state index in [4.69, 9.17) is 10.8 Å². The third-order valence-electron chi connectivity index (χ3n) is 2.04. The van der Waals surface area contributed by atoms with Crippen LogP contribution in [0.5, 0.6) is 0 Å². The standard InChI is InChI=1S/C11H14FNO2S/c12-10-3-2-8(11(14)15)6-9(10)7-16-5-1-4-13/h2-3,6H,1,4-5,7,13H2,(H,14,15). The highest BCUT2D eigenvalue weighted by atomic mass is 32.2. The molecule has 0 unspecified atom stereocenters. The molecule has 0 saturated heterocycles. The predicted octanol–water partition coefficient (Wildman–Crippen LogP) is 2.11. The molecule has 0 atom stereocenters. The van der Waals surface area contributed by atoms with Crippen LogP contribution in [-0.2, 0) is 5.75 Å². The number of aromatic carboxylic acids is 1. The molecule has 16 heavy (non-hydrogen) atoms. The average Bonchev–Trinajstić information content (AvgIpc) is 2.26. The van der Waals surface area contributed by atoms with Gasteiger partial charge in [-0.05, 0) is 42.5 Å². The fourth-order valence-corrected chi connectivity index (χ4v) is 2.14. The predicted molar refractivity (Wildman–Crippen MR) is 63.2 cm³/mol. The molecule has 1 rings (SSSR count). The molecule has 0 bridgehead atoms. The fraction of sp³-hybridized carbons (Fsp3) is 0.364. The summed E-state index contributed by atoms with van der Waals surface area (Å²) < 4.78 is 13.3. The van der Waals surface area contributed by atoms with E-state index in [-0.39, 0.29) is 11.4 Å². The number of thioether (sulfide) groups is 1. The second-order valence-electron chi connectivity index (χ2n) is 3.31. The molecule has 0 spiro atoms. The molecule has 0 aliphatic rings. The molecule has 1 aromatic carbocycles. The van der Waals surface area contributed by atoms with E-state index >= 15 is 0 Å². The van der Waals surface area contributed by atoms with Crippen molar-refractivity contribution in [3.8, 4) is 0 Å². The second kappa shape index (κ2) is 6.50. The molecule has 0 radical (unpaired) electrons. The summed E-state index contributed by atoms with van der Waals surface area (Å²) >= 11 is 1.55. The number of halogens is 1. The first kappa shape index (κ1) is 13.0. The van der Waals surface area contributed by atoms with Gasteiger partial charge >= 0.3 is 5.97 Å². The molecule has 88 valence electrons. The lowest BCUT2D eigenvalue weighted by Crippen LogP contribution is -2.01. The van der Waals surface area contributed by atoms with Crippen LogP contribution in [0.2, 0.25) is 0 Å². The number of rotatable bonds is 6. The fourth-order valence-electron chi connectivity index (χ4n) is 1.19. The molecule has 1 aromatic rings. The first-order chi connectivity index (χ1) is 7.65. The van der Waals surface area contributed by atoms with Crippen molar-refractivity contribution in [1.29, 1.82) is 0 Å². The molecule has 0 saturated carbocycles. The number of hydrogen-bond acceptors (Lipinski definition) is 3. The monoisotopic (exact) mass is 243 g/mol. The van der Waals surface area contributed by atoms with Crippen molar-refractivity contribution in [2.75, 3.05) is 12.3 Å². The zero-order valence-corrected chi connectivity index (χ0v) is 9.60. The number of nitrogens with two attached hydrogens (primary N) is 1. The molecule has 0 fully saturated rings. The van der Waals surface area contributed by atoms with E-state index in [1.807, 2.05) is 0 Å². The Morgan fingerprint density at radius 2 is 2.25 bits per heavy atom. The van der Waals surface area contributed by atoms with Gasteiger partial charge in [-0.15, -0.1) is 0 Å². The van der Waals surface area contributed by atoms with Gasteiger partial charge in [0.25, 0.3) is 0 Å². The summed E-state index contributed by atoms with van der Waals surface area (Å²) in [4.78, 5) is 10.7. The van der Waals surface area contributed by atoms with Crippen LogP contribution in [0.15, 0.2) is 18.2 Å². The highest BCUT2D eigenvalue weighted by molar-refractivity contribution is 7.98. The van der Waals surface area contributed by atoms with Crippen molar-refractivity contribution < 1.29 is 14.3 Å². The van der Waals surface area contributed by atoms with Crippen molar-refractivity contribution in [1.82, 2.24) is 0 Å². The van der Waals surface area contributed by atoms with Crippen molar-refractivity contribution in [2.24, 2.45) is 5.73 Å². The van der Waals surface area contributed by atoms with Crippen molar-refractivity contribution >= 4 is 17.7 Å². The minimum atomic E-state index is -1.03. The first-order valence-corrected chi connectivity index (χ1v) is 6.10. The molecule has 0 aliphatic carbocycles. The third kappa shape index (κ3) is 3.83. The summed E-state index contributed by atoms with van der Waals surface area (Å²) in [6, 6.07) is 3.85. The van der Waals surface area contributed by atoms with E-state index in [9.17, 15) is 9.18 Å². The number of carboxylic acids is 1. The summed E-state index contributed by atoms with van der Waals surface area (Å²) in [6.07, 6.45) is 0.880. The summed E-state index contributed by atoms with van der Waals surface area (Å²) in [7, 11) is 0. The molecular weight excluding hydrogens is 229 g/mol. The van der Waals surface area contributed by atoms with Gasteiger partial charge in [0.05, 0.1) is 5.56 Å².